The largest absolute Gasteiger partial charge is 0.432 e. The minimum Gasteiger partial charge on any atom is -0.399 e. The van der Waals surface area contributed by atoms with Gasteiger partial charge in [0, 0.05) is 31.2 Å². The van der Waals surface area contributed by atoms with E-state index in [-0.39, 0.29) is 6.54 Å². The van der Waals surface area contributed by atoms with Crippen LogP contribution in [0.2, 0.25) is 0 Å². The first kappa shape index (κ1) is 14.2. The van der Waals surface area contributed by atoms with Crippen molar-refractivity contribution in [2.24, 2.45) is 0 Å². The zero-order valence-corrected chi connectivity index (χ0v) is 10.3. The Hall–Kier alpha value is -1.85. The summed E-state index contributed by atoms with van der Waals surface area (Å²) < 4.78 is 38.3. The van der Waals surface area contributed by atoms with Crippen molar-refractivity contribution in [1.82, 2.24) is 4.90 Å². The maximum atomic E-state index is 12.8. The van der Waals surface area contributed by atoms with E-state index in [9.17, 15) is 13.2 Å². The summed E-state index contributed by atoms with van der Waals surface area (Å²) >= 11 is 0. The number of alkyl halides is 3. The molecule has 1 aromatic carbocycles. The van der Waals surface area contributed by atoms with Gasteiger partial charge in [-0.2, -0.15) is 13.2 Å². The molecule has 0 heterocycles. The number of nitrogens with zero attached hydrogens (tertiary/aromatic N) is 1. The Bertz CT molecular complexity index is 410. The molecule has 3 N–H and O–H groups in total. The number of hydrogen-bond donors (Lipinski definition) is 2. The van der Waals surface area contributed by atoms with Gasteiger partial charge in [-0.25, -0.2) is 0 Å². The van der Waals surface area contributed by atoms with Gasteiger partial charge in [0.25, 0.3) is 0 Å². The normalized spacial score (nSPS) is 12.4. The van der Waals surface area contributed by atoms with E-state index in [0.717, 1.165) is 11.1 Å². The van der Waals surface area contributed by atoms with Crippen LogP contribution in [0, 0.1) is 0 Å². The lowest BCUT2D eigenvalue weighted by atomic mass is 10.3. The first-order valence-electron chi connectivity index (χ1n) is 5.45. The maximum absolute atomic E-state index is 12.8. The van der Waals surface area contributed by atoms with Crippen molar-refractivity contribution in [3.8, 4) is 0 Å². The lowest BCUT2D eigenvalue weighted by Crippen LogP contribution is -2.29. The predicted octanol–water partition coefficient (Wildman–Crippen LogP) is 3.04. The predicted molar refractivity (Wildman–Crippen MR) is 66.9 cm³/mol. The summed E-state index contributed by atoms with van der Waals surface area (Å²) in [6.45, 7) is 1.93. The van der Waals surface area contributed by atoms with Crippen molar-refractivity contribution in [3.63, 3.8) is 0 Å². The topological polar surface area (TPSA) is 41.3 Å². The zero-order valence-electron chi connectivity index (χ0n) is 10.3. The van der Waals surface area contributed by atoms with Crippen molar-refractivity contribution in [1.29, 1.82) is 0 Å². The fraction of sp³-hybridized carbons (Fsp3) is 0.333. The van der Waals surface area contributed by atoms with Crippen molar-refractivity contribution in [2.75, 3.05) is 24.6 Å². The van der Waals surface area contributed by atoms with Crippen molar-refractivity contribution in [3.05, 3.63) is 36.2 Å². The van der Waals surface area contributed by atoms with E-state index >= 15 is 0 Å². The standard InChI is InChI=1S/C12H16F3N3/c1-3-18(2)11(12(13,14)15)8-17-10-6-4-9(16)5-7-10/h4-8,17H,3,16H2,1-2H3/b11-8-. The van der Waals surface area contributed by atoms with Gasteiger partial charge in [-0.05, 0) is 31.2 Å². The number of allylic oxidation sites excluding steroid dienone is 1. The maximum Gasteiger partial charge on any atom is 0.432 e. The molecule has 18 heavy (non-hydrogen) atoms. The minimum atomic E-state index is -4.38. The highest BCUT2D eigenvalue weighted by Crippen LogP contribution is 2.27. The van der Waals surface area contributed by atoms with Crippen LogP contribution in [-0.2, 0) is 0 Å². The molecule has 0 aliphatic heterocycles. The molecular weight excluding hydrogens is 243 g/mol. The highest BCUT2D eigenvalue weighted by Gasteiger charge is 2.36. The fourth-order valence-electron chi connectivity index (χ4n) is 1.31. The number of nitrogen functional groups attached to an aromatic ring is 1. The molecule has 0 amide bonds. The van der Waals surface area contributed by atoms with Crippen molar-refractivity contribution < 1.29 is 13.2 Å². The minimum absolute atomic E-state index is 0.273. The Morgan fingerprint density at radius 1 is 1.33 bits per heavy atom. The Kier molecular flexibility index (Phi) is 4.47. The number of rotatable bonds is 4. The first-order chi connectivity index (χ1) is 8.34. The Labute approximate surface area is 104 Å². The molecule has 0 spiro atoms. The van der Waals surface area contributed by atoms with Crippen LogP contribution < -0.4 is 11.1 Å². The van der Waals surface area contributed by atoms with Crippen molar-refractivity contribution >= 4 is 11.4 Å². The number of anilines is 2. The van der Waals surface area contributed by atoms with E-state index in [1.54, 1.807) is 31.2 Å². The number of halogens is 3. The van der Waals surface area contributed by atoms with Gasteiger partial charge in [0.2, 0.25) is 0 Å². The summed E-state index contributed by atoms with van der Waals surface area (Å²) in [7, 11) is 1.39. The Morgan fingerprint density at radius 2 is 1.89 bits per heavy atom. The van der Waals surface area contributed by atoms with Crippen LogP contribution >= 0.6 is 0 Å². The lowest BCUT2D eigenvalue weighted by Gasteiger charge is -2.23. The molecule has 0 aliphatic rings. The van der Waals surface area contributed by atoms with Gasteiger partial charge in [0.1, 0.15) is 5.70 Å². The molecular formula is C12H16F3N3. The summed E-state index contributed by atoms with van der Waals surface area (Å²) in [4.78, 5) is 1.13. The van der Waals surface area contributed by atoms with Crippen LogP contribution in [0.3, 0.4) is 0 Å². The van der Waals surface area contributed by atoms with Gasteiger partial charge < -0.3 is 16.0 Å². The Morgan fingerprint density at radius 3 is 2.33 bits per heavy atom. The van der Waals surface area contributed by atoms with E-state index in [1.165, 1.54) is 7.05 Å². The quantitative estimate of drug-likeness (QED) is 0.817. The number of nitrogens with two attached hydrogens (primary N) is 1. The molecule has 3 nitrogen and oxygen atoms in total. The molecule has 0 unspecified atom stereocenters. The average Bonchev–Trinajstić information content (AvgIpc) is 2.29. The van der Waals surface area contributed by atoms with Crippen LogP contribution in [0.4, 0.5) is 24.5 Å². The molecule has 0 bridgehead atoms. The number of hydrogen-bond acceptors (Lipinski definition) is 3. The fourth-order valence-corrected chi connectivity index (χ4v) is 1.31. The summed E-state index contributed by atoms with van der Waals surface area (Å²) in [5.74, 6) is 0. The molecule has 1 aromatic rings. The third kappa shape index (κ3) is 3.87. The smallest absolute Gasteiger partial charge is 0.399 e. The lowest BCUT2D eigenvalue weighted by molar-refractivity contribution is -0.109. The second-order valence-electron chi connectivity index (χ2n) is 3.81. The molecule has 0 radical (unpaired) electrons. The van der Waals surface area contributed by atoms with E-state index < -0.39 is 11.9 Å². The van der Waals surface area contributed by atoms with E-state index in [0.29, 0.717) is 11.4 Å². The number of benzene rings is 1. The SMILES string of the molecule is CCN(C)/C(=C\Nc1ccc(N)cc1)C(F)(F)F. The average molecular weight is 259 g/mol. The number of nitrogens with one attached hydrogen (secondary N) is 1. The zero-order chi connectivity index (χ0) is 13.8. The van der Waals surface area contributed by atoms with Gasteiger partial charge in [-0.1, -0.05) is 0 Å². The van der Waals surface area contributed by atoms with Crippen molar-refractivity contribution in [2.45, 2.75) is 13.1 Å². The van der Waals surface area contributed by atoms with Crippen LogP contribution in [0.15, 0.2) is 36.2 Å². The highest BCUT2D eigenvalue weighted by atomic mass is 19.4. The van der Waals surface area contributed by atoms with Crippen LogP contribution in [0.1, 0.15) is 6.92 Å². The van der Waals surface area contributed by atoms with E-state index in [2.05, 4.69) is 5.32 Å². The summed E-state index contributed by atoms with van der Waals surface area (Å²) in [5, 5.41) is 2.61. The van der Waals surface area contributed by atoms with Gasteiger partial charge >= 0.3 is 6.18 Å². The highest BCUT2D eigenvalue weighted by molar-refractivity contribution is 5.52. The van der Waals surface area contributed by atoms with Crippen LogP contribution in [0.25, 0.3) is 0 Å². The summed E-state index contributed by atoms with van der Waals surface area (Å²) in [5.41, 5.74) is 5.88. The first-order valence-corrected chi connectivity index (χ1v) is 5.45. The molecule has 0 aromatic heterocycles. The molecule has 0 saturated heterocycles. The molecule has 6 heteroatoms. The third-order valence-corrected chi connectivity index (χ3v) is 2.46. The molecule has 0 saturated carbocycles. The second kappa shape index (κ2) is 5.66. The monoisotopic (exact) mass is 259 g/mol. The molecule has 100 valence electrons. The van der Waals surface area contributed by atoms with Gasteiger partial charge in [-0.3, -0.25) is 0 Å². The van der Waals surface area contributed by atoms with Gasteiger partial charge in [0.15, 0.2) is 0 Å². The van der Waals surface area contributed by atoms with Crippen LogP contribution in [0.5, 0.6) is 0 Å². The molecule has 0 aliphatic carbocycles. The van der Waals surface area contributed by atoms with Gasteiger partial charge in [0.05, 0.1) is 0 Å². The summed E-state index contributed by atoms with van der Waals surface area (Å²) in [6, 6.07) is 6.47. The molecule has 0 atom stereocenters. The third-order valence-electron chi connectivity index (χ3n) is 2.46. The van der Waals surface area contributed by atoms with Gasteiger partial charge in [-0.15, -0.1) is 0 Å². The van der Waals surface area contributed by atoms with E-state index in [1.807, 2.05) is 0 Å². The van der Waals surface area contributed by atoms with Crippen LogP contribution in [-0.4, -0.2) is 24.7 Å². The Balaban J connectivity index is 2.87. The molecule has 1 rings (SSSR count). The second-order valence-corrected chi connectivity index (χ2v) is 3.81. The van der Waals surface area contributed by atoms with E-state index in [4.69, 9.17) is 5.73 Å². The molecule has 0 fully saturated rings. The summed E-state index contributed by atoms with van der Waals surface area (Å²) in [6.07, 6.45) is -3.43.